The summed E-state index contributed by atoms with van der Waals surface area (Å²) in [5, 5.41) is 0. The monoisotopic (exact) mass is 256 g/mol. The molecular weight excluding hydrogens is 236 g/mol. The fraction of sp³-hybridized carbons (Fsp3) is 0.375. The quantitative estimate of drug-likeness (QED) is 0.563. The fourth-order valence-electron chi connectivity index (χ4n) is 2.35. The largest absolute Gasteiger partial charge is 0.359 e. The Labute approximate surface area is 114 Å². The van der Waals surface area contributed by atoms with Gasteiger partial charge in [-0.15, -0.1) is 0 Å². The van der Waals surface area contributed by atoms with E-state index in [1.165, 1.54) is 22.3 Å². The van der Waals surface area contributed by atoms with E-state index < -0.39 is 0 Å². The summed E-state index contributed by atoms with van der Waals surface area (Å²) in [5.41, 5.74) is 5.13. The smallest absolute Gasteiger partial charge is 0.114 e. The molecule has 0 aromatic rings. The zero-order chi connectivity index (χ0) is 13.8. The summed E-state index contributed by atoms with van der Waals surface area (Å²) in [4.78, 5) is 7.91. The van der Waals surface area contributed by atoms with Gasteiger partial charge in [0.25, 0.3) is 0 Å². The maximum atomic E-state index is 5.80. The molecule has 0 aromatic heterocycles. The molecule has 1 fully saturated rings. The summed E-state index contributed by atoms with van der Waals surface area (Å²) >= 11 is 0. The number of nitrogens with zero attached hydrogens (tertiary/aromatic N) is 2. The van der Waals surface area contributed by atoms with Crippen molar-refractivity contribution in [2.45, 2.75) is 26.1 Å². The second kappa shape index (κ2) is 5.93. The van der Waals surface area contributed by atoms with E-state index in [9.17, 15) is 0 Å². The van der Waals surface area contributed by atoms with Crippen LogP contribution in [0, 0.1) is 0 Å². The molecule has 1 aliphatic heterocycles. The average Bonchev–Trinajstić information content (AvgIpc) is 3.18. The highest BCUT2D eigenvalue weighted by Crippen LogP contribution is 2.44. The van der Waals surface area contributed by atoms with Crippen molar-refractivity contribution < 1.29 is 4.74 Å². The van der Waals surface area contributed by atoms with Crippen molar-refractivity contribution in [3.05, 3.63) is 46.6 Å². The van der Waals surface area contributed by atoms with Crippen LogP contribution in [0.2, 0.25) is 0 Å². The van der Waals surface area contributed by atoms with Crippen LogP contribution in [0.5, 0.6) is 0 Å². The standard InChI is InChI=1S/C16H20N2O/c1-11-12(2)14(8-6-10-18-4)16-15(19-16)13(11)7-5-9-17-3/h5-10,15-16H,1-4H3/b7-5-,8-6-,17-9?,18-10?. The van der Waals surface area contributed by atoms with Crippen LogP contribution >= 0.6 is 0 Å². The highest BCUT2D eigenvalue weighted by molar-refractivity contribution is 5.74. The van der Waals surface area contributed by atoms with Gasteiger partial charge in [0.1, 0.15) is 12.2 Å². The topological polar surface area (TPSA) is 37.2 Å². The van der Waals surface area contributed by atoms with E-state index in [2.05, 4.69) is 36.0 Å². The molecule has 2 atom stereocenters. The number of epoxide rings is 1. The summed E-state index contributed by atoms with van der Waals surface area (Å²) in [5.74, 6) is 0. The summed E-state index contributed by atoms with van der Waals surface area (Å²) in [6, 6.07) is 0. The van der Waals surface area contributed by atoms with Gasteiger partial charge < -0.3 is 4.74 Å². The molecular formula is C16H20N2O. The molecule has 2 unspecified atom stereocenters. The Morgan fingerprint density at radius 3 is 1.63 bits per heavy atom. The minimum Gasteiger partial charge on any atom is -0.359 e. The molecule has 100 valence electrons. The van der Waals surface area contributed by atoms with Crippen molar-refractivity contribution in [2.75, 3.05) is 14.1 Å². The molecule has 0 amide bonds. The number of rotatable bonds is 4. The normalized spacial score (nSPS) is 27.6. The lowest BCUT2D eigenvalue weighted by atomic mass is 9.87. The lowest BCUT2D eigenvalue weighted by molar-refractivity contribution is 0.406. The van der Waals surface area contributed by atoms with E-state index in [1.807, 2.05) is 12.2 Å². The SMILES string of the molecule is CN=C/C=C\C1=C(C)C(C)=C(/C=C\C=NC)C2OC12. The van der Waals surface area contributed by atoms with E-state index in [4.69, 9.17) is 4.74 Å². The summed E-state index contributed by atoms with van der Waals surface area (Å²) < 4.78 is 5.80. The predicted octanol–water partition coefficient (Wildman–Crippen LogP) is 2.91. The van der Waals surface area contributed by atoms with Crippen LogP contribution in [0.3, 0.4) is 0 Å². The molecule has 1 saturated heterocycles. The number of hydrogen-bond acceptors (Lipinski definition) is 3. The van der Waals surface area contributed by atoms with Crippen molar-refractivity contribution in [2.24, 2.45) is 9.98 Å². The molecule has 19 heavy (non-hydrogen) atoms. The van der Waals surface area contributed by atoms with Crippen LogP contribution in [-0.4, -0.2) is 38.7 Å². The van der Waals surface area contributed by atoms with E-state index in [0.29, 0.717) is 0 Å². The first kappa shape index (κ1) is 13.7. The number of aliphatic imine (C=N–C) groups is 2. The number of hydrogen-bond donors (Lipinski definition) is 0. The summed E-state index contributed by atoms with van der Waals surface area (Å²) in [6.07, 6.45) is 12.2. The van der Waals surface area contributed by atoms with Crippen molar-refractivity contribution in [3.8, 4) is 0 Å². The second-order valence-electron chi connectivity index (χ2n) is 4.67. The molecule has 3 heteroatoms. The van der Waals surface area contributed by atoms with Gasteiger partial charge >= 0.3 is 0 Å². The lowest BCUT2D eigenvalue weighted by Crippen LogP contribution is -2.10. The van der Waals surface area contributed by atoms with Gasteiger partial charge in [-0.2, -0.15) is 0 Å². The molecule has 0 spiro atoms. The van der Waals surface area contributed by atoms with E-state index in [-0.39, 0.29) is 12.2 Å². The zero-order valence-electron chi connectivity index (χ0n) is 11.9. The Morgan fingerprint density at radius 2 is 1.26 bits per heavy atom. The van der Waals surface area contributed by atoms with Gasteiger partial charge in [-0.1, -0.05) is 12.2 Å². The summed E-state index contributed by atoms with van der Waals surface area (Å²) in [7, 11) is 3.54. The molecule has 0 aromatic carbocycles. The van der Waals surface area contributed by atoms with Crippen molar-refractivity contribution in [1.29, 1.82) is 0 Å². The van der Waals surface area contributed by atoms with Crippen LogP contribution < -0.4 is 0 Å². The van der Waals surface area contributed by atoms with E-state index in [0.717, 1.165) is 0 Å². The van der Waals surface area contributed by atoms with Gasteiger partial charge in [-0.05, 0) is 48.3 Å². The highest BCUT2D eigenvalue weighted by atomic mass is 16.6. The van der Waals surface area contributed by atoms with Crippen molar-refractivity contribution in [3.63, 3.8) is 0 Å². The molecule has 3 nitrogen and oxygen atoms in total. The van der Waals surface area contributed by atoms with Gasteiger partial charge in [0, 0.05) is 26.5 Å². The van der Waals surface area contributed by atoms with Gasteiger partial charge in [-0.25, -0.2) is 0 Å². The Hall–Kier alpha value is -1.74. The van der Waals surface area contributed by atoms with Crippen LogP contribution in [0.1, 0.15) is 13.8 Å². The first-order valence-corrected chi connectivity index (χ1v) is 6.45. The number of allylic oxidation sites excluding steroid dienone is 4. The van der Waals surface area contributed by atoms with Crippen molar-refractivity contribution >= 4 is 12.4 Å². The average molecular weight is 256 g/mol. The minimum absolute atomic E-state index is 0.212. The first-order chi connectivity index (χ1) is 9.20. The highest BCUT2D eigenvalue weighted by Gasteiger charge is 2.46. The third-order valence-corrected chi connectivity index (χ3v) is 3.55. The molecule has 2 rings (SSSR count). The van der Waals surface area contributed by atoms with Gasteiger partial charge in [-0.3, -0.25) is 9.98 Å². The molecule has 1 aliphatic carbocycles. The zero-order valence-corrected chi connectivity index (χ0v) is 11.9. The minimum atomic E-state index is 0.212. The Morgan fingerprint density at radius 1 is 0.842 bits per heavy atom. The maximum absolute atomic E-state index is 5.80. The molecule has 0 bridgehead atoms. The van der Waals surface area contributed by atoms with Crippen LogP contribution in [0.25, 0.3) is 0 Å². The summed E-state index contributed by atoms with van der Waals surface area (Å²) in [6.45, 7) is 4.30. The van der Waals surface area contributed by atoms with Crippen molar-refractivity contribution in [1.82, 2.24) is 0 Å². The van der Waals surface area contributed by atoms with Crippen LogP contribution in [0.4, 0.5) is 0 Å². The fourth-order valence-corrected chi connectivity index (χ4v) is 2.35. The maximum Gasteiger partial charge on any atom is 0.114 e. The second-order valence-corrected chi connectivity index (χ2v) is 4.67. The first-order valence-electron chi connectivity index (χ1n) is 6.45. The third kappa shape index (κ3) is 2.82. The Bertz CT molecular complexity index is 485. The Balaban J connectivity index is 2.30. The third-order valence-electron chi connectivity index (χ3n) is 3.55. The van der Waals surface area contributed by atoms with Crippen LogP contribution in [0.15, 0.2) is 56.6 Å². The van der Waals surface area contributed by atoms with Crippen LogP contribution in [-0.2, 0) is 4.74 Å². The van der Waals surface area contributed by atoms with E-state index in [1.54, 1.807) is 26.5 Å². The van der Waals surface area contributed by atoms with E-state index >= 15 is 0 Å². The van der Waals surface area contributed by atoms with Gasteiger partial charge in [0.05, 0.1) is 0 Å². The molecule has 0 N–H and O–H groups in total. The lowest BCUT2D eigenvalue weighted by Gasteiger charge is -2.15. The predicted molar refractivity (Wildman–Crippen MR) is 81.2 cm³/mol. The Kier molecular flexibility index (Phi) is 4.27. The molecule has 0 saturated carbocycles. The molecule has 0 radical (unpaired) electrons. The van der Waals surface area contributed by atoms with Gasteiger partial charge in [0.15, 0.2) is 0 Å². The number of fused-ring (bicyclic) bond motifs is 1. The number of ether oxygens (including phenoxy) is 1. The molecule has 2 aliphatic rings. The van der Waals surface area contributed by atoms with Gasteiger partial charge in [0.2, 0.25) is 0 Å². The molecule has 1 heterocycles.